The molecule has 1 heterocycles. The zero-order valence-corrected chi connectivity index (χ0v) is 20.4. The van der Waals surface area contributed by atoms with Crippen LogP contribution in [0.5, 0.6) is 0 Å². The van der Waals surface area contributed by atoms with Gasteiger partial charge in [-0.15, -0.1) is 0 Å². The molecule has 0 amide bonds. The predicted molar refractivity (Wildman–Crippen MR) is 149 cm³/mol. The summed E-state index contributed by atoms with van der Waals surface area (Å²) in [5.74, 6) is 0.797. The van der Waals surface area contributed by atoms with E-state index in [1.165, 1.54) is 0 Å². The minimum atomic E-state index is -0.871. The predicted octanol–water partition coefficient (Wildman–Crippen LogP) is 8.15. The van der Waals surface area contributed by atoms with Crippen LogP contribution < -0.4 is 0 Å². The van der Waals surface area contributed by atoms with Crippen molar-refractivity contribution < 1.29 is 9.53 Å². The van der Waals surface area contributed by atoms with Crippen molar-refractivity contribution in [1.82, 2.24) is 0 Å². The number of hydrogen-bond acceptors (Lipinski definition) is 2. The molecule has 5 aromatic carbocycles. The van der Waals surface area contributed by atoms with Crippen LogP contribution in [0.1, 0.15) is 44.6 Å². The number of rotatable bonds is 6. The largest absolute Gasteiger partial charge is 0.472 e. The molecule has 37 heavy (non-hydrogen) atoms. The van der Waals surface area contributed by atoms with Crippen LogP contribution in [-0.2, 0) is 10.3 Å². The van der Waals surface area contributed by atoms with Crippen LogP contribution in [-0.4, -0.2) is 5.78 Å². The molecular formula is C35H26O2. The van der Waals surface area contributed by atoms with E-state index in [9.17, 15) is 4.79 Å². The number of ether oxygens (including phenoxy) is 1. The average molecular weight is 479 g/mol. The van der Waals surface area contributed by atoms with E-state index in [-0.39, 0.29) is 12.2 Å². The number of fused-ring (bicyclic) bond motifs is 1. The fraction of sp³-hybridized carbons (Fsp3) is 0.0571. The Morgan fingerprint density at radius 3 is 1.65 bits per heavy atom. The molecule has 178 valence electrons. The summed E-state index contributed by atoms with van der Waals surface area (Å²) in [6, 6.07) is 48.7. The molecule has 0 radical (unpaired) electrons. The number of allylic oxidation sites excluding steroid dienone is 1. The molecule has 5 aromatic rings. The minimum Gasteiger partial charge on any atom is -0.472 e. The monoisotopic (exact) mass is 478 g/mol. The molecule has 0 saturated heterocycles. The van der Waals surface area contributed by atoms with Crippen LogP contribution in [0.3, 0.4) is 0 Å². The van der Waals surface area contributed by atoms with E-state index < -0.39 is 5.60 Å². The highest BCUT2D eigenvalue weighted by molar-refractivity contribution is 6.07. The fourth-order valence-electron chi connectivity index (χ4n) is 5.27. The molecule has 1 aliphatic rings. The summed E-state index contributed by atoms with van der Waals surface area (Å²) in [4.78, 5) is 13.5. The smallest absolute Gasteiger partial charge is 0.185 e. The standard InChI is InChI=1S/C35H26O2/c36-33(26-15-5-1-6-16-26)25-31-30-23-13-14-24-32(30)35(28-19-9-3-10-20-28,29-21-11-4-12-22-29)37-34(31)27-17-7-2-8-18-27/h1-24H,25H2. The van der Waals surface area contributed by atoms with Crippen LogP contribution in [0.25, 0.3) is 11.3 Å². The lowest BCUT2D eigenvalue weighted by Crippen LogP contribution is -2.36. The number of benzene rings is 5. The highest BCUT2D eigenvalue weighted by Crippen LogP contribution is 2.52. The van der Waals surface area contributed by atoms with Gasteiger partial charge in [0.1, 0.15) is 5.76 Å². The Labute approximate surface area is 217 Å². The lowest BCUT2D eigenvalue weighted by Gasteiger charge is -2.42. The van der Waals surface area contributed by atoms with E-state index >= 15 is 0 Å². The van der Waals surface area contributed by atoms with Gasteiger partial charge in [0.2, 0.25) is 0 Å². The Bertz CT molecular complexity index is 1510. The highest BCUT2D eigenvalue weighted by Gasteiger charge is 2.45. The maximum atomic E-state index is 13.5. The van der Waals surface area contributed by atoms with Crippen LogP contribution in [0.4, 0.5) is 0 Å². The van der Waals surface area contributed by atoms with Gasteiger partial charge in [-0.3, -0.25) is 4.79 Å². The van der Waals surface area contributed by atoms with Crippen LogP contribution in [0.15, 0.2) is 146 Å². The Hall–Kier alpha value is -4.69. The first-order valence-electron chi connectivity index (χ1n) is 12.5. The maximum absolute atomic E-state index is 13.5. The van der Waals surface area contributed by atoms with Crippen LogP contribution >= 0.6 is 0 Å². The first-order valence-corrected chi connectivity index (χ1v) is 12.5. The van der Waals surface area contributed by atoms with Gasteiger partial charge in [0.15, 0.2) is 11.4 Å². The first kappa shape index (κ1) is 22.8. The van der Waals surface area contributed by atoms with Crippen molar-refractivity contribution in [3.05, 3.63) is 179 Å². The van der Waals surface area contributed by atoms with Crippen molar-refractivity contribution in [3.63, 3.8) is 0 Å². The van der Waals surface area contributed by atoms with Crippen molar-refractivity contribution in [3.8, 4) is 0 Å². The van der Waals surface area contributed by atoms with Gasteiger partial charge in [0.05, 0.1) is 0 Å². The third-order valence-electron chi connectivity index (χ3n) is 6.99. The Morgan fingerprint density at radius 2 is 1.05 bits per heavy atom. The molecule has 2 nitrogen and oxygen atoms in total. The van der Waals surface area contributed by atoms with E-state index in [2.05, 4.69) is 48.5 Å². The van der Waals surface area contributed by atoms with Gasteiger partial charge in [0, 0.05) is 39.8 Å². The number of carbonyl (C=O) groups excluding carboxylic acids is 1. The zero-order chi connectivity index (χ0) is 25.1. The van der Waals surface area contributed by atoms with Crippen molar-refractivity contribution >= 4 is 17.1 Å². The molecule has 0 bridgehead atoms. The molecule has 6 rings (SSSR count). The molecule has 0 fully saturated rings. The quantitative estimate of drug-likeness (QED) is 0.230. The average Bonchev–Trinajstić information content (AvgIpc) is 2.99. The summed E-state index contributed by atoms with van der Waals surface area (Å²) in [6.45, 7) is 0. The molecule has 0 saturated carbocycles. The van der Waals surface area contributed by atoms with Gasteiger partial charge >= 0.3 is 0 Å². The second-order valence-corrected chi connectivity index (χ2v) is 9.20. The van der Waals surface area contributed by atoms with E-state index in [1.807, 2.05) is 97.1 Å². The number of ketones is 1. The third kappa shape index (κ3) is 4.07. The van der Waals surface area contributed by atoms with Gasteiger partial charge in [-0.2, -0.15) is 0 Å². The van der Waals surface area contributed by atoms with Gasteiger partial charge in [-0.1, -0.05) is 146 Å². The van der Waals surface area contributed by atoms with Crippen LogP contribution in [0, 0.1) is 0 Å². The van der Waals surface area contributed by atoms with Crippen molar-refractivity contribution in [2.75, 3.05) is 0 Å². The van der Waals surface area contributed by atoms with E-state index in [1.54, 1.807) is 0 Å². The lowest BCUT2D eigenvalue weighted by molar-refractivity contribution is 0.0988. The summed E-state index contributed by atoms with van der Waals surface area (Å²) < 4.78 is 7.24. The molecule has 0 spiro atoms. The highest BCUT2D eigenvalue weighted by atomic mass is 16.5. The summed E-state index contributed by atoms with van der Waals surface area (Å²) in [6.07, 6.45) is 0.241. The normalized spacial score (nSPS) is 13.9. The summed E-state index contributed by atoms with van der Waals surface area (Å²) in [5.41, 5.74) is 5.81. The van der Waals surface area contributed by atoms with Crippen molar-refractivity contribution in [2.45, 2.75) is 12.0 Å². The van der Waals surface area contributed by atoms with E-state index in [0.717, 1.165) is 39.1 Å². The minimum absolute atomic E-state index is 0.0642. The first-order chi connectivity index (χ1) is 18.3. The number of hydrogen-bond donors (Lipinski definition) is 0. The Balaban J connectivity index is 1.63. The molecule has 0 N–H and O–H groups in total. The maximum Gasteiger partial charge on any atom is 0.185 e. The lowest BCUT2D eigenvalue weighted by atomic mass is 9.74. The SMILES string of the molecule is O=C(CC1=C(c2ccccc2)OC(c2ccccc2)(c2ccccc2)c2ccccc21)c1ccccc1. The molecule has 0 aliphatic carbocycles. The zero-order valence-electron chi connectivity index (χ0n) is 20.4. The number of carbonyl (C=O) groups is 1. The molecular weight excluding hydrogens is 452 g/mol. The second kappa shape index (κ2) is 9.75. The van der Waals surface area contributed by atoms with Gasteiger partial charge in [-0.05, 0) is 5.56 Å². The van der Waals surface area contributed by atoms with Crippen molar-refractivity contribution in [2.24, 2.45) is 0 Å². The van der Waals surface area contributed by atoms with E-state index in [0.29, 0.717) is 5.56 Å². The Kier molecular flexibility index (Phi) is 6.00. The third-order valence-corrected chi connectivity index (χ3v) is 6.99. The molecule has 2 heteroatoms. The Morgan fingerprint density at radius 1 is 0.568 bits per heavy atom. The summed E-state index contributed by atoms with van der Waals surface area (Å²) >= 11 is 0. The molecule has 0 aromatic heterocycles. The van der Waals surface area contributed by atoms with Gasteiger partial charge in [-0.25, -0.2) is 0 Å². The molecule has 0 unspecified atom stereocenters. The van der Waals surface area contributed by atoms with Gasteiger partial charge < -0.3 is 4.74 Å². The fourth-order valence-corrected chi connectivity index (χ4v) is 5.27. The number of Topliss-reactive ketones (excluding diaryl/α,β-unsaturated/α-hetero) is 1. The molecule has 0 atom stereocenters. The topological polar surface area (TPSA) is 26.3 Å². The second-order valence-electron chi connectivity index (χ2n) is 9.20. The van der Waals surface area contributed by atoms with Crippen LogP contribution in [0.2, 0.25) is 0 Å². The van der Waals surface area contributed by atoms with E-state index in [4.69, 9.17) is 4.74 Å². The van der Waals surface area contributed by atoms with Gasteiger partial charge in [0.25, 0.3) is 0 Å². The summed E-state index contributed by atoms with van der Waals surface area (Å²) in [5, 5.41) is 0. The summed E-state index contributed by atoms with van der Waals surface area (Å²) in [7, 11) is 0. The molecule has 1 aliphatic heterocycles. The van der Waals surface area contributed by atoms with Crippen molar-refractivity contribution in [1.29, 1.82) is 0 Å².